The van der Waals surface area contributed by atoms with Gasteiger partial charge in [-0.15, -0.1) is 0 Å². The van der Waals surface area contributed by atoms with Crippen LogP contribution >= 0.6 is 0 Å². The van der Waals surface area contributed by atoms with Crippen LogP contribution in [0.3, 0.4) is 0 Å². The van der Waals surface area contributed by atoms with Crippen LogP contribution in [-0.2, 0) is 9.53 Å². The summed E-state index contributed by atoms with van der Waals surface area (Å²) in [6, 6.07) is 0. The molecule has 1 atom stereocenters. The summed E-state index contributed by atoms with van der Waals surface area (Å²) in [7, 11) is 0. The standard InChI is InChI=1S/C11H22N2O2/c1-9(2)8-15-10-4-6-13(7-10)11(14)3-5-12/h9-10H,3-8,12H2,1-2H3. The lowest BCUT2D eigenvalue weighted by Crippen LogP contribution is -2.31. The number of rotatable bonds is 5. The van der Waals surface area contributed by atoms with Crippen molar-refractivity contribution in [3.05, 3.63) is 0 Å². The Kier molecular flexibility index (Phi) is 5.05. The average molecular weight is 214 g/mol. The lowest BCUT2D eigenvalue weighted by atomic mass is 10.2. The molecule has 1 heterocycles. The van der Waals surface area contributed by atoms with Crippen LogP contribution < -0.4 is 5.73 Å². The number of likely N-dealkylation sites (tertiary alicyclic amines) is 1. The summed E-state index contributed by atoms with van der Waals surface area (Å²) in [4.78, 5) is 13.4. The molecule has 1 fully saturated rings. The molecule has 0 aromatic carbocycles. The van der Waals surface area contributed by atoms with Gasteiger partial charge in [0.25, 0.3) is 0 Å². The molecule has 0 aliphatic carbocycles. The smallest absolute Gasteiger partial charge is 0.223 e. The van der Waals surface area contributed by atoms with Crippen molar-refractivity contribution in [1.82, 2.24) is 4.90 Å². The number of amides is 1. The molecule has 88 valence electrons. The van der Waals surface area contributed by atoms with Gasteiger partial charge in [-0.05, 0) is 12.3 Å². The molecule has 1 rings (SSSR count). The highest BCUT2D eigenvalue weighted by Crippen LogP contribution is 2.14. The largest absolute Gasteiger partial charge is 0.376 e. The molecule has 2 N–H and O–H groups in total. The predicted molar refractivity (Wildman–Crippen MR) is 59.4 cm³/mol. The lowest BCUT2D eigenvalue weighted by Gasteiger charge is -2.17. The van der Waals surface area contributed by atoms with E-state index in [0.717, 1.165) is 26.1 Å². The van der Waals surface area contributed by atoms with Gasteiger partial charge in [-0.2, -0.15) is 0 Å². The van der Waals surface area contributed by atoms with Gasteiger partial charge in [-0.25, -0.2) is 0 Å². The van der Waals surface area contributed by atoms with Crippen LogP contribution in [-0.4, -0.2) is 43.2 Å². The fourth-order valence-corrected chi connectivity index (χ4v) is 1.70. The third-order valence-corrected chi connectivity index (χ3v) is 2.52. The van der Waals surface area contributed by atoms with Gasteiger partial charge < -0.3 is 15.4 Å². The molecule has 0 saturated carbocycles. The summed E-state index contributed by atoms with van der Waals surface area (Å²) in [6.45, 7) is 7.04. The van der Waals surface area contributed by atoms with Crippen LogP contribution in [0.4, 0.5) is 0 Å². The van der Waals surface area contributed by atoms with Crippen LogP contribution in [0, 0.1) is 5.92 Å². The van der Waals surface area contributed by atoms with Crippen LogP contribution in [0.5, 0.6) is 0 Å². The molecule has 0 radical (unpaired) electrons. The SMILES string of the molecule is CC(C)COC1CCN(C(=O)CCN)C1. The van der Waals surface area contributed by atoms with E-state index in [9.17, 15) is 4.79 Å². The molecule has 0 aromatic rings. The number of carbonyl (C=O) groups is 1. The first-order valence-electron chi connectivity index (χ1n) is 5.73. The minimum Gasteiger partial charge on any atom is -0.376 e. The Balaban J connectivity index is 2.23. The van der Waals surface area contributed by atoms with Crippen molar-refractivity contribution >= 4 is 5.91 Å². The van der Waals surface area contributed by atoms with E-state index < -0.39 is 0 Å². The van der Waals surface area contributed by atoms with E-state index in [2.05, 4.69) is 13.8 Å². The highest BCUT2D eigenvalue weighted by Gasteiger charge is 2.26. The zero-order valence-electron chi connectivity index (χ0n) is 9.74. The summed E-state index contributed by atoms with van der Waals surface area (Å²) < 4.78 is 5.70. The van der Waals surface area contributed by atoms with Crippen molar-refractivity contribution in [2.24, 2.45) is 11.7 Å². The van der Waals surface area contributed by atoms with Gasteiger partial charge in [-0.3, -0.25) is 4.79 Å². The molecule has 15 heavy (non-hydrogen) atoms. The maximum atomic E-state index is 11.5. The van der Waals surface area contributed by atoms with Crippen molar-refractivity contribution in [1.29, 1.82) is 0 Å². The summed E-state index contributed by atoms with van der Waals surface area (Å²) in [6.07, 6.45) is 1.65. The van der Waals surface area contributed by atoms with Crippen molar-refractivity contribution in [3.8, 4) is 0 Å². The van der Waals surface area contributed by atoms with E-state index >= 15 is 0 Å². The maximum Gasteiger partial charge on any atom is 0.223 e. The third kappa shape index (κ3) is 4.18. The highest BCUT2D eigenvalue weighted by molar-refractivity contribution is 5.76. The van der Waals surface area contributed by atoms with Crippen molar-refractivity contribution in [2.75, 3.05) is 26.2 Å². The first kappa shape index (κ1) is 12.5. The zero-order valence-corrected chi connectivity index (χ0v) is 9.74. The Morgan fingerprint density at radius 3 is 2.93 bits per heavy atom. The van der Waals surface area contributed by atoms with E-state index in [1.54, 1.807) is 0 Å². The average Bonchev–Trinajstić information content (AvgIpc) is 2.63. The van der Waals surface area contributed by atoms with E-state index in [1.165, 1.54) is 0 Å². The Morgan fingerprint density at radius 1 is 1.60 bits per heavy atom. The van der Waals surface area contributed by atoms with E-state index in [-0.39, 0.29) is 12.0 Å². The van der Waals surface area contributed by atoms with Gasteiger partial charge in [0.1, 0.15) is 0 Å². The normalized spacial score (nSPS) is 21.3. The number of ether oxygens (including phenoxy) is 1. The summed E-state index contributed by atoms with van der Waals surface area (Å²) in [5.74, 6) is 0.715. The quantitative estimate of drug-likeness (QED) is 0.729. The number of nitrogens with two attached hydrogens (primary N) is 1. The molecular formula is C11H22N2O2. The topological polar surface area (TPSA) is 55.6 Å². The van der Waals surface area contributed by atoms with Crippen molar-refractivity contribution in [3.63, 3.8) is 0 Å². The second kappa shape index (κ2) is 6.08. The summed E-state index contributed by atoms with van der Waals surface area (Å²) >= 11 is 0. The zero-order chi connectivity index (χ0) is 11.3. The van der Waals surface area contributed by atoms with Crippen LogP contribution in [0.25, 0.3) is 0 Å². The molecule has 1 amide bonds. The van der Waals surface area contributed by atoms with E-state index in [4.69, 9.17) is 10.5 Å². The first-order valence-corrected chi connectivity index (χ1v) is 5.73. The molecule has 0 aromatic heterocycles. The second-order valence-electron chi connectivity index (χ2n) is 4.52. The van der Waals surface area contributed by atoms with Crippen molar-refractivity contribution in [2.45, 2.75) is 32.8 Å². The van der Waals surface area contributed by atoms with Crippen LogP contribution in [0.15, 0.2) is 0 Å². The Hall–Kier alpha value is -0.610. The minimum absolute atomic E-state index is 0.160. The monoisotopic (exact) mass is 214 g/mol. The van der Waals surface area contributed by atoms with Gasteiger partial charge in [0.2, 0.25) is 5.91 Å². The second-order valence-corrected chi connectivity index (χ2v) is 4.52. The maximum absolute atomic E-state index is 11.5. The van der Waals surface area contributed by atoms with E-state index in [1.807, 2.05) is 4.90 Å². The Bertz CT molecular complexity index is 207. The lowest BCUT2D eigenvalue weighted by molar-refractivity contribution is -0.130. The predicted octanol–water partition coefficient (Wildman–Crippen LogP) is 0.609. The number of hydrogen-bond acceptors (Lipinski definition) is 3. The Labute approximate surface area is 91.8 Å². The third-order valence-electron chi connectivity index (χ3n) is 2.52. The summed E-state index contributed by atoms with van der Waals surface area (Å²) in [5.41, 5.74) is 5.35. The fraction of sp³-hybridized carbons (Fsp3) is 0.909. The fourth-order valence-electron chi connectivity index (χ4n) is 1.70. The van der Waals surface area contributed by atoms with Crippen LogP contribution in [0.2, 0.25) is 0 Å². The van der Waals surface area contributed by atoms with Crippen LogP contribution in [0.1, 0.15) is 26.7 Å². The number of carbonyl (C=O) groups excluding carboxylic acids is 1. The van der Waals surface area contributed by atoms with Gasteiger partial charge in [0.05, 0.1) is 6.10 Å². The molecule has 1 aliphatic heterocycles. The molecule has 0 bridgehead atoms. The van der Waals surface area contributed by atoms with Gasteiger partial charge >= 0.3 is 0 Å². The molecule has 4 nitrogen and oxygen atoms in total. The Morgan fingerprint density at radius 2 is 2.33 bits per heavy atom. The molecule has 4 heteroatoms. The van der Waals surface area contributed by atoms with E-state index in [0.29, 0.717) is 18.9 Å². The minimum atomic E-state index is 0.160. The number of nitrogens with zero attached hydrogens (tertiary/aromatic N) is 1. The first-order chi connectivity index (χ1) is 7.13. The van der Waals surface area contributed by atoms with Gasteiger partial charge in [-0.1, -0.05) is 13.8 Å². The molecule has 1 aliphatic rings. The van der Waals surface area contributed by atoms with Crippen molar-refractivity contribution < 1.29 is 9.53 Å². The van der Waals surface area contributed by atoms with Gasteiger partial charge in [0.15, 0.2) is 0 Å². The van der Waals surface area contributed by atoms with Gasteiger partial charge in [0, 0.05) is 32.7 Å². The molecule has 0 spiro atoms. The molecule has 1 saturated heterocycles. The number of hydrogen-bond donors (Lipinski definition) is 1. The summed E-state index contributed by atoms with van der Waals surface area (Å²) in [5, 5.41) is 0. The molecular weight excluding hydrogens is 192 g/mol. The molecule has 1 unspecified atom stereocenters. The highest BCUT2D eigenvalue weighted by atomic mass is 16.5.